The zero-order valence-corrected chi connectivity index (χ0v) is 19.6. The summed E-state index contributed by atoms with van der Waals surface area (Å²) in [6, 6.07) is 13.1. The summed E-state index contributed by atoms with van der Waals surface area (Å²) in [7, 11) is 1.57. The zero-order chi connectivity index (χ0) is 24.0. The summed E-state index contributed by atoms with van der Waals surface area (Å²) in [6.45, 7) is 1.99. The topological polar surface area (TPSA) is 98.9 Å². The number of likely N-dealkylation sites (N-methyl/N-ethyl adjacent to an activating group) is 1. The molecule has 2 aromatic carbocycles. The van der Waals surface area contributed by atoms with E-state index in [1.807, 2.05) is 6.07 Å². The summed E-state index contributed by atoms with van der Waals surface area (Å²) in [6.07, 6.45) is 2.08. The van der Waals surface area contributed by atoms with Gasteiger partial charge in [0.15, 0.2) is 5.78 Å². The van der Waals surface area contributed by atoms with Crippen molar-refractivity contribution >= 4 is 29.4 Å². The van der Waals surface area contributed by atoms with Gasteiger partial charge in [-0.25, -0.2) is 4.79 Å². The average molecular weight is 473 g/mol. The zero-order valence-electron chi connectivity index (χ0n) is 18.9. The lowest BCUT2D eigenvalue weighted by molar-refractivity contribution is -0.144. The summed E-state index contributed by atoms with van der Waals surface area (Å²) in [4.78, 5) is 39.3. The number of esters is 1. The van der Waals surface area contributed by atoms with Crippen LogP contribution >= 0.6 is 11.6 Å². The molecule has 0 aromatic heterocycles. The number of hydrogen-bond acceptors (Lipinski definition) is 6. The van der Waals surface area contributed by atoms with Crippen LogP contribution in [0.3, 0.4) is 0 Å². The van der Waals surface area contributed by atoms with Gasteiger partial charge in [-0.2, -0.15) is 0 Å². The van der Waals surface area contributed by atoms with Crippen LogP contribution in [-0.2, 0) is 26.3 Å². The molecule has 1 aliphatic carbocycles. The average Bonchev–Trinajstić information content (AvgIpc) is 2.81. The summed E-state index contributed by atoms with van der Waals surface area (Å²) in [5.74, 6) is -0.195. The van der Waals surface area contributed by atoms with E-state index in [0.29, 0.717) is 35.6 Å². The Morgan fingerprint density at radius 3 is 2.48 bits per heavy atom. The number of nitrogens with two attached hydrogens (primary N) is 1. The number of amides is 1. The Morgan fingerprint density at radius 1 is 1.15 bits per heavy atom. The lowest BCUT2D eigenvalue weighted by Crippen LogP contribution is -2.55. The third kappa shape index (κ3) is 5.37. The number of carbonyl (C=O) groups is 3. The highest BCUT2D eigenvalue weighted by Gasteiger charge is 2.48. The second-order valence-corrected chi connectivity index (χ2v) is 8.51. The fraction of sp³-hybridized carbons (Fsp3) is 0.400. The van der Waals surface area contributed by atoms with E-state index in [1.54, 1.807) is 56.4 Å². The number of ether oxygens (including phenoxy) is 2. The predicted octanol–water partition coefficient (Wildman–Crippen LogP) is 4.24. The molecule has 1 aliphatic rings. The lowest BCUT2D eigenvalue weighted by Gasteiger charge is -2.43. The second-order valence-electron chi connectivity index (χ2n) is 8.10. The van der Waals surface area contributed by atoms with Crippen LogP contribution in [-0.4, -0.2) is 42.4 Å². The minimum absolute atomic E-state index is 0.0513. The first-order valence-electron chi connectivity index (χ1n) is 11.0. The molecular weight excluding hydrogens is 444 g/mol. The highest BCUT2D eigenvalue weighted by atomic mass is 35.5. The van der Waals surface area contributed by atoms with E-state index < -0.39 is 23.6 Å². The Morgan fingerprint density at radius 2 is 1.85 bits per heavy atom. The number of benzene rings is 2. The maximum absolute atomic E-state index is 13.2. The minimum Gasteiger partial charge on any atom is -0.465 e. The van der Waals surface area contributed by atoms with Crippen molar-refractivity contribution in [3.8, 4) is 5.75 Å². The Hall–Kier alpha value is -2.90. The van der Waals surface area contributed by atoms with Crippen molar-refractivity contribution in [2.75, 3.05) is 13.7 Å². The van der Waals surface area contributed by atoms with Crippen molar-refractivity contribution in [3.05, 3.63) is 64.7 Å². The molecule has 1 amide bonds. The predicted molar refractivity (Wildman–Crippen MR) is 125 cm³/mol. The fourth-order valence-electron chi connectivity index (χ4n) is 4.23. The molecule has 8 heteroatoms. The van der Waals surface area contributed by atoms with E-state index in [-0.39, 0.29) is 12.4 Å². The van der Waals surface area contributed by atoms with Crippen molar-refractivity contribution in [3.63, 3.8) is 0 Å². The molecule has 0 saturated heterocycles. The number of ketones is 1. The monoisotopic (exact) mass is 472 g/mol. The van der Waals surface area contributed by atoms with Gasteiger partial charge in [0.1, 0.15) is 17.3 Å². The molecule has 0 aliphatic heterocycles. The van der Waals surface area contributed by atoms with Crippen molar-refractivity contribution in [1.82, 2.24) is 4.90 Å². The quantitative estimate of drug-likeness (QED) is 0.605. The maximum atomic E-state index is 13.2. The van der Waals surface area contributed by atoms with Gasteiger partial charge >= 0.3 is 12.1 Å². The van der Waals surface area contributed by atoms with Gasteiger partial charge in [0.2, 0.25) is 0 Å². The van der Waals surface area contributed by atoms with Gasteiger partial charge in [-0.3, -0.25) is 14.5 Å². The number of Topliss-reactive ketones (excluding diaryl/α,β-unsaturated/α-hetero) is 1. The molecule has 0 spiro atoms. The Labute approximate surface area is 198 Å². The number of rotatable bonds is 7. The normalized spacial score (nSPS) is 19.0. The SMILES string of the molecule is CCOC(=O)[C@@H](N)Cc1ccc(OC(=O)N(C)[C@]2(c3ccccc3Cl)CCCCC2=O)cc1. The number of hydrogen-bond donors (Lipinski definition) is 1. The number of nitrogens with zero attached hydrogens (tertiary/aromatic N) is 1. The summed E-state index contributed by atoms with van der Waals surface area (Å²) in [5.41, 5.74) is 6.11. The fourth-order valence-corrected chi connectivity index (χ4v) is 4.53. The van der Waals surface area contributed by atoms with Crippen molar-refractivity contribution in [1.29, 1.82) is 0 Å². The standard InChI is InChI=1S/C25H29ClN2O5/c1-3-32-23(30)21(27)16-17-11-13-18(14-12-17)33-24(31)28(2)25(15-7-6-10-22(25)29)19-8-4-5-9-20(19)26/h4-5,8-9,11-14,21H,3,6-7,10,15-16,27H2,1-2H3/t21-,25-/m0/s1. The van der Waals surface area contributed by atoms with Crippen LogP contribution in [0.4, 0.5) is 4.79 Å². The molecular formula is C25H29ClN2O5. The second kappa shape index (κ2) is 10.8. The molecule has 0 heterocycles. The maximum Gasteiger partial charge on any atom is 0.416 e. The van der Waals surface area contributed by atoms with E-state index in [9.17, 15) is 14.4 Å². The van der Waals surface area contributed by atoms with Gasteiger partial charge in [-0.05, 0) is 56.4 Å². The smallest absolute Gasteiger partial charge is 0.416 e. The van der Waals surface area contributed by atoms with Crippen LogP contribution < -0.4 is 10.5 Å². The molecule has 1 saturated carbocycles. The summed E-state index contributed by atoms with van der Waals surface area (Å²) < 4.78 is 10.5. The van der Waals surface area contributed by atoms with Crippen LogP contribution in [0.2, 0.25) is 5.02 Å². The first-order valence-corrected chi connectivity index (χ1v) is 11.4. The van der Waals surface area contributed by atoms with Crippen LogP contribution in [0.25, 0.3) is 0 Å². The molecule has 176 valence electrons. The van der Waals surface area contributed by atoms with E-state index >= 15 is 0 Å². The van der Waals surface area contributed by atoms with E-state index in [4.69, 9.17) is 26.8 Å². The molecule has 2 N–H and O–H groups in total. The van der Waals surface area contributed by atoms with Crippen LogP contribution in [0.15, 0.2) is 48.5 Å². The van der Waals surface area contributed by atoms with Crippen molar-refractivity contribution in [2.24, 2.45) is 5.73 Å². The third-order valence-corrected chi connectivity index (χ3v) is 6.32. The molecule has 0 radical (unpaired) electrons. The third-order valence-electron chi connectivity index (χ3n) is 5.99. The van der Waals surface area contributed by atoms with Crippen molar-refractivity contribution in [2.45, 2.75) is 50.6 Å². The molecule has 3 rings (SSSR count). The van der Waals surface area contributed by atoms with Gasteiger partial charge in [-0.15, -0.1) is 0 Å². The number of carbonyl (C=O) groups excluding carboxylic acids is 3. The van der Waals surface area contributed by atoms with E-state index in [1.165, 1.54) is 4.90 Å². The molecule has 33 heavy (non-hydrogen) atoms. The number of halogens is 1. The van der Waals surface area contributed by atoms with Gasteiger partial charge in [0, 0.05) is 24.1 Å². The highest BCUT2D eigenvalue weighted by Crippen LogP contribution is 2.42. The molecule has 7 nitrogen and oxygen atoms in total. The minimum atomic E-state index is -1.17. The Kier molecular flexibility index (Phi) is 8.10. The van der Waals surface area contributed by atoms with Crippen LogP contribution in [0, 0.1) is 0 Å². The summed E-state index contributed by atoms with van der Waals surface area (Å²) >= 11 is 6.45. The van der Waals surface area contributed by atoms with Crippen molar-refractivity contribution < 1.29 is 23.9 Å². The Balaban J connectivity index is 1.76. The molecule has 1 fully saturated rings. The highest BCUT2D eigenvalue weighted by molar-refractivity contribution is 6.31. The van der Waals surface area contributed by atoms with Gasteiger partial charge in [0.05, 0.1) is 6.61 Å². The van der Waals surface area contributed by atoms with E-state index in [0.717, 1.165) is 18.4 Å². The van der Waals surface area contributed by atoms with Crippen LogP contribution in [0.5, 0.6) is 5.75 Å². The molecule has 0 bridgehead atoms. The lowest BCUT2D eigenvalue weighted by atomic mass is 9.74. The first kappa shape index (κ1) is 24.7. The van der Waals surface area contributed by atoms with Crippen LogP contribution in [0.1, 0.15) is 43.7 Å². The van der Waals surface area contributed by atoms with Gasteiger partial charge in [-0.1, -0.05) is 41.9 Å². The molecule has 2 atom stereocenters. The molecule has 2 aromatic rings. The van der Waals surface area contributed by atoms with Gasteiger partial charge < -0.3 is 15.2 Å². The largest absolute Gasteiger partial charge is 0.465 e. The Bertz CT molecular complexity index is 1010. The summed E-state index contributed by atoms with van der Waals surface area (Å²) in [5, 5.41) is 0.440. The molecule has 0 unspecified atom stereocenters. The first-order chi connectivity index (χ1) is 15.8. The van der Waals surface area contributed by atoms with Gasteiger partial charge in [0.25, 0.3) is 0 Å². The van der Waals surface area contributed by atoms with E-state index in [2.05, 4.69) is 0 Å².